The Balaban J connectivity index is 0.000000130. The third-order valence-corrected chi connectivity index (χ3v) is 1.48. The van der Waals surface area contributed by atoms with E-state index in [0.717, 1.165) is 18.3 Å². The molecule has 0 aromatic carbocycles. The lowest BCUT2D eigenvalue weighted by Gasteiger charge is -2.06. The molecule has 0 radical (unpaired) electrons. The molecule has 0 N–H and O–H groups in total. The van der Waals surface area contributed by atoms with E-state index in [1.54, 1.807) is 0 Å². The second kappa shape index (κ2) is 3.37. The lowest BCUT2D eigenvalue weighted by Crippen LogP contribution is -1.98. The molecule has 0 amide bonds. The van der Waals surface area contributed by atoms with Crippen LogP contribution in [-0.4, -0.2) is 24.6 Å². The summed E-state index contributed by atoms with van der Waals surface area (Å²) in [6, 6.07) is 0. The maximum absolute atomic E-state index is 9.79. The van der Waals surface area contributed by atoms with E-state index in [4.69, 9.17) is 5.26 Å². The van der Waals surface area contributed by atoms with E-state index in [9.17, 15) is 8.42 Å². The molecule has 0 saturated carbocycles. The van der Waals surface area contributed by atoms with Crippen LogP contribution >= 0.6 is 0 Å². The Hall–Kier alpha value is -1.68. The Labute approximate surface area is 74.9 Å². The molecule has 0 aromatic rings. The van der Waals surface area contributed by atoms with Crippen molar-refractivity contribution < 1.29 is 12.6 Å². The minimum Gasteiger partial charge on any atom is -0.302 e. The minimum absolute atomic E-state index is 0.802. The van der Waals surface area contributed by atoms with Gasteiger partial charge in [0.25, 0.3) is 0 Å². The van der Waals surface area contributed by atoms with E-state index < -0.39 is 10.1 Å². The monoisotopic (exact) mass is 199 g/mol. The maximum atomic E-state index is 9.79. The summed E-state index contributed by atoms with van der Waals surface area (Å²) in [5.74, 6) is 0.926. The van der Waals surface area contributed by atoms with Crippen LogP contribution in [0.25, 0.3) is 11.4 Å². The minimum atomic E-state index is -3.54. The Morgan fingerprint density at radius 1 is 1.46 bits per heavy atom. The summed E-state index contributed by atoms with van der Waals surface area (Å²) >= 11 is 0. The molecule has 0 aliphatic carbocycles. The molecule has 2 heterocycles. The number of nitrogens with zero attached hydrogens (tertiary/aromatic N) is 3. The first kappa shape index (κ1) is 9.41. The molecule has 0 bridgehead atoms. The number of fused-ring (bicyclic) bond motifs is 1. The molecule has 13 heavy (non-hydrogen) atoms. The van der Waals surface area contributed by atoms with Gasteiger partial charge in [-0.05, 0) is 0 Å². The van der Waals surface area contributed by atoms with Crippen molar-refractivity contribution in [3.8, 4) is 17.6 Å². The van der Waals surface area contributed by atoms with Gasteiger partial charge >= 0.3 is 16.4 Å². The Kier molecular flexibility index (Phi) is 2.44. The molecule has 2 aliphatic rings. The highest BCUT2D eigenvalue weighted by atomic mass is 32.2. The van der Waals surface area contributed by atoms with E-state index in [0.29, 0.717) is 0 Å². The molecule has 0 spiro atoms. The second-order valence-corrected chi connectivity index (χ2v) is 3.75. The van der Waals surface area contributed by atoms with Crippen LogP contribution in [0.2, 0.25) is 0 Å². The molecular weight excluding hydrogens is 194 g/mol. The zero-order valence-corrected chi connectivity index (χ0v) is 7.45. The lowest BCUT2D eigenvalue weighted by molar-refractivity contribution is 0.465. The van der Waals surface area contributed by atoms with Crippen molar-refractivity contribution in [3.63, 3.8) is 0 Å². The van der Waals surface area contributed by atoms with Crippen LogP contribution in [0.3, 0.4) is 0 Å². The average molecular weight is 199 g/mol. The topological polar surface area (TPSA) is 92.9 Å². The van der Waals surface area contributed by atoms with Crippen molar-refractivity contribution in [1.29, 1.82) is 5.26 Å². The van der Waals surface area contributed by atoms with Gasteiger partial charge in [0.05, 0.1) is 11.8 Å². The summed E-state index contributed by atoms with van der Waals surface area (Å²) in [6.45, 7) is 0. The van der Waals surface area contributed by atoms with Crippen molar-refractivity contribution in [3.05, 3.63) is 12.4 Å². The second-order valence-electron chi connectivity index (χ2n) is 2.17. The number of rotatable bonds is 1. The number of aromatic nitrogens is 2. The predicted molar refractivity (Wildman–Crippen MR) is 42.6 cm³/mol. The van der Waals surface area contributed by atoms with Gasteiger partial charge in [0, 0.05) is 12.4 Å². The zero-order chi connectivity index (χ0) is 9.90. The molecule has 6 nitrogen and oxygen atoms in total. The smallest absolute Gasteiger partial charge is 0.302 e. The molecule has 2 rings (SSSR count). The molecule has 0 aromatic heterocycles. The van der Waals surface area contributed by atoms with E-state index in [1.165, 1.54) is 5.56 Å². The van der Waals surface area contributed by atoms with Crippen molar-refractivity contribution >= 4 is 10.1 Å². The van der Waals surface area contributed by atoms with Gasteiger partial charge in [-0.2, -0.15) is 8.42 Å². The standard InChI is InChI=1S/C4H2N2.C2H3NO3S/c1-3-2-6-4(3)5-1;1-7(4,5)6-2-3/h1-2H;1H3. The quantitative estimate of drug-likeness (QED) is 0.470. The average Bonchev–Trinajstić information content (AvgIpc) is 1.95. The third-order valence-electron chi connectivity index (χ3n) is 1.10. The Bertz CT molecular complexity index is 410. The van der Waals surface area contributed by atoms with Crippen LogP contribution in [0.1, 0.15) is 0 Å². The molecule has 0 saturated heterocycles. The van der Waals surface area contributed by atoms with Crippen LogP contribution in [0, 0.1) is 11.5 Å². The highest BCUT2D eigenvalue weighted by Gasteiger charge is 2.09. The van der Waals surface area contributed by atoms with Gasteiger partial charge in [0.2, 0.25) is 0 Å². The van der Waals surface area contributed by atoms with Gasteiger partial charge in [-0.25, -0.2) is 9.97 Å². The van der Waals surface area contributed by atoms with Crippen LogP contribution in [0.5, 0.6) is 0 Å². The first-order chi connectivity index (χ1) is 6.03. The van der Waals surface area contributed by atoms with E-state index >= 15 is 0 Å². The fourth-order valence-electron chi connectivity index (χ4n) is 0.528. The van der Waals surface area contributed by atoms with E-state index in [1.807, 2.05) is 12.4 Å². The van der Waals surface area contributed by atoms with Crippen LogP contribution in [0.15, 0.2) is 12.4 Å². The van der Waals surface area contributed by atoms with Crippen molar-refractivity contribution in [1.82, 2.24) is 9.97 Å². The van der Waals surface area contributed by atoms with Gasteiger partial charge < -0.3 is 4.18 Å². The molecule has 0 fully saturated rings. The van der Waals surface area contributed by atoms with Gasteiger partial charge in [0.15, 0.2) is 5.82 Å². The highest BCUT2D eigenvalue weighted by molar-refractivity contribution is 7.86. The zero-order valence-electron chi connectivity index (χ0n) is 6.63. The number of hydrogen-bond acceptors (Lipinski definition) is 6. The fourth-order valence-corrected chi connectivity index (χ4v) is 0.663. The fraction of sp³-hybridized carbons (Fsp3) is 0.167. The summed E-state index contributed by atoms with van der Waals surface area (Å²) in [4.78, 5) is 7.59. The molecule has 0 atom stereocenters. The van der Waals surface area contributed by atoms with E-state index in [2.05, 4.69) is 14.2 Å². The number of nitriles is 1. The maximum Gasteiger partial charge on any atom is 0.315 e. The summed E-state index contributed by atoms with van der Waals surface area (Å²) in [5, 5.41) is 7.55. The summed E-state index contributed by atoms with van der Waals surface area (Å²) in [5.41, 5.74) is 1.20. The Morgan fingerprint density at radius 2 is 1.92 bits per heavy atom. The van der Waals surface area contributed by atoms with Crippen LogP contribution < -0.4 is 0 Å². The van der Waals surface area contributed by atoms with Gasteiger partial charge in [-0.1, -0.05) is 0 Å². The van der Waals surface area contributed by atoms with Gasteiger partial charge in [-0.15, -0.1) is 5.26 Å². The number of hydrogen-bond donors (Lipinski definition) is 0. The highest BCUT2D eigenvalue weighted by Crippen LogP contribution is 2.20. The van der Waals surface area contributed by atoms with Crippen molar-refractivity contribution in [2.45, 2.75) is 0 Å². The largest absolute Gasteiger partial charge is 0.315 e. The third kappa shape index (κ3) is 2.68. The normalized spacial score (nSPS) is 10.5. The summed E-state index contributed by atoms with van der Waals surface area (Å²) in [7, 11) is -3.54. The predicted octanol–water partition coefficient (Wildman–Crippen LogP) is -0.0993. The van der Waals surface area contributed by atoms with Gasteiger partial charge in [-0.3, -0.25) is 0 Å². The SMILES string of the molecule is CS(=O)(=O)OC#N.c1nc2ncc1-2. The summed E-state index contributed by atoms with van der Waals surface area (Å²) < 4.78 is 23.1. The first-order valence-corrected chi connectivity index (χ1v) is 4.94. The van der Waals surface area contributed by atoms with Gasteiger partial charge in [0.1, 0.15) is 0 Å². The van der Waals surface area contributed by atoms with Crippen molar-refractivity contribution in [2.24, 2.45) is 0 Å². The molecular formula is C6H5N3O3S. The molecule has 7 heteroatoms. The Morgan fingerprint density at radius 3 is 1.92 bits per heavy atom. The molecule has 2 aliphatic heterocycles. The lowest BCUT2D eigenvalue weighted by atomic mass is 10.2. The molecule has 0 unspecified atom stereocenters. The first-order valence-electron chi connectivity index (χ1n) is 3.13. The van der Waals surface area contributed by atoms with E-state index in [-0.39, 0.29) is 0 Å². The van der Waals surface area contributed by atoms with Crippen molar-refractivity contribution in [2.75, 3.05) is 6.26 Å². The molecule has 68 valence electrons. The summed E-state index contributed by atoms with van der Waals surface area (Å²) in [6.07, 6.45) is 5.44. The van der Waals surface area contributed by atoms with Crippen LogP contribution in [-0.2, 0) is 14.3 Å². The van der Waals surface area contributed by atoms with Crippen LogP contribution in [0.4, 0.5) is 0 Å².